The summed E-state index contributed by atoms with van der Waals surface area (Å²) < 4.78 is 0. The first kappa shape index (κ1) is 9.28. The molecule has 0 aliphatic rings. The minimum atomic E-state index is 1.02. The second-order valence-corrected chi connectivity index (χ2v) is 3.78. The van der Waals surface area contributed by atoms with Crippen molar-refractivity contribution in [3.63, 3.8) is 0 Å². The van der Waals surface area contributed by atoms with Crippen molar-refractivity contribution in [2.75, 3.05) is 0 Å². The molecule has 0 spiro atoms. The average Bonchev–Trinajstić information content (AvgIpc) is 2.39. The number of hydrogen-bond donors (Lipinski definition) is 0. The van der Waals surface area contributed by atoms with Gasteiger partial charge in [0.2, 0.25) is 0 Å². The summed E-state index contributed by atoms with van der Waals surface area (Å²) in [7, 11) is 1.82. The second kappa shape index (κ2) is 3.89. The maximum absolute atomic E-state index is 4.36. The quantitative estimate of drug-likeness (QED) is 0.591. The number of hydrogen-bond acceptors (Lipinski definition) is 1. The molecular formula is C14H10BN. The summed E-state index contributed by atoms with van der Waals surface area (Å²) in [4.78, 5) is 4.36. The predicted molar refractivity (Wildman–Crippen MR) is 68.5 cm³/mol. The third kappa shape index (κ3) is 1.63. The van der Waals surface area contributed by atoms with Crippen LogP contribution in [0.2, 0.25) is 0 Å². The Morgan fingerprint density at radius 2 is 1.69 bits per heavy atom. The number of nitrogens with zero attached hydrogens (tertiary/aromatic N) is 1. The van der Waals surface area contributed by atoms with Crippen molar-refractivity contribution in [3.05, 3.63) is 60.6 Å². The monoisotopic (exact) mass is 203 g/mol. The molecule has 0 aliphatic heterocycles. The van der Waals surface area contributed by atoms with Gasteiger partial charge in [0.05, 0.1) is 0 Å². The van der Waals surface area contributed by atoms with Gasteiger partial charge in [0.15, 0.2) is 0 Å². The molecule has 3 rings (SSSR count). The van der Waals surface area contributed by atoms with Gasteiger partial charge in [0, 0.05) is 0 Å². The Morgan fingerprint density at radius 1 is 0.812 bits per heavy atom. The number of fused-ring (bicyclic) bond motifs is 1. The molecule has 0 saturated heterocycles. The van der Waals surface area contributed by atoms with Crippen LogP contribution in [0.5, 0.6) is 0 Å². The van der Waals surface area contributed by atoms with Crippen molar-refractivity contribution in [2.24, 2.45) is 0 Å². The van der Waals surface area contributed by atoms with E-state index >= 15 is 0 Å². The van der Waals surface area contributed by atoms with Crippen molar-refractivity contribution in [2.45, 2.75) is 0 Å². The molecule has 1 aromatic heterocycles. The standard InChI is InChI=1S/C14H10BN/c1-2-5-12-10-13(8-7-11(12)4-1)14-6-3-9-15-16-14/h1-10H. The molecule has 2 heteroatoms. The van der Waals surface area contributed by atoms with Crippen LogP contribution in [0.15, 0.2) is 60.6 Å². The van der Waals surface area contributed by atoms with Crippen molar-refractivity contribution in [1.82, 2.24) is 4.89 Å². The zero-order chi connectivity index (χ0) is 10.8. The van der Waals surface area contributed by atoms with Crippen LogP contribution >= 0.6 is 0 Å². The summed E-state index contributed by atoms with van der Waals surface area (Å²) in [5.41, 5.74) is 2.19. The van der Waals surface area contributed by atoms with Gasteiger partial charge in [0.1, 0.15) is 0 Å². The first-order chi connectivity index (χ1) is 7.93. The van der Waals surface area contributed by atoms with Crippen molar-refractivity contribution in [3.8, 4) is 11.3 Å². The van der Waals surface area contributed by atoms with Gasteiger partial charge in [-0.05, 0) is 0 Å². The summed E-state index contributed by atoms with van der Waals surface area (Å²) in [5, 5.41) is 2.52. The summed E-state index contributed by atoms with van der Waals surface area (Å²) in [5.74, 6) is 1.94. The molecule has 0 N–H and O–H groups in total. The van der Waals surface area contributed by atoms with Gasteiger partial charge in [-0.3, -0.25) is 0 Å². The van der Waals surface area contributed by atoms with Crippen LogP contribution in [0, 0.1) is 0 Å². The normalized spacial score (nSPS) is 10.2. The van der Waals surface area contributed by atoms with Crippen LogP contribution < -0.4 is 0 Å². The van der Waals surface area contributed by atoms with Crippen LogP contribution in [0.4, 0.5) is 0 Å². The first-order valence-electron chi connectivity index (χ1n) is 5.34. The Balaban J connectivity index is 2.19. The van der Waals surface area contributed by atoms with Gasteiger partial charge in [-0.25, -0.2) is 0 Å². The third-order valence-electron chi connectivity index (χ3n) is 2.71. The van der Waals surface area contributed by atoms with Gasteiger partial charge in [-0.1, -0.05) is 0 Å². The molecule has 1 nitrogen and oxygen atoms in total. The molecule has 0 atom stereocenters. The van der Waals surface area contributed by atoms with Gasteiger partial charge < -0.3 is 0 Å². The van der Waals surface area contributed by atoms with Crippen LogP contribution in [-0.2, 0) is 0 Å². The molecule has 0 radical (unpaired) electrons. The maximum atomic E-state index is 4.36. The Hall–Kier alpha value is -1.96. The van der Waals surface area contributed by atoms with E-state index in [1.165, 1.54) is 16.3 Å². The topological polar surface area (TPSA) is 12.9 Å². The molecule has 0 fully saturated rings. The van der Waals surface area contributed by atoms with E-state index in [0.29, 0.717) is 0 Å². The molecule has 0 amide bonds. The van der Waals surface area contributed by atoms with E-state index in [9.17, 15) is 0 Å². The average molecular weight is 203 g/mol. The molecule has 0 aliphatic carbocycles. The zero-order valence-electron chi connectivity index (χ0n) is 8.80. The Kier molecular flexibility index (Phi) is 2.26. The fraction of sp³-hybridized carbons (Fsp3) is 0. The molecular weight excluding hydrogens is 193 g/mol. The van der Waals surface area contributed by atoms with Crippen LogP contribution in [-0.4, -0.2) is 11.9 Å². The van der Waals surface area contributed by atoms with Gasteiger partial charge in [0.25, 0.3) is 0 Å². The molecule has 1 heterocycles. The van der Waals surface area contributed by atoms with E-state index < -0.39 is 0 Å². The minimum absolute atomic E-state index is 1.02. The molecule has 0 unspecified atom stereocenters. The summed E-state index contributed by atoms with van der Waals surface area (Å²) >= 11 is 0. The number of rotatable bonds is 1. The van der Waals surface area contributed by atoms with Crippen LogP contribution in [0.3, 0.4) is 0 Å². The molecule has 0 bridgehead atoms. The van der Waals surface area contributed by atoms with Gasteiger partial charge >= 0.3 is 94.5 Å². The molecule has 74 valence electrons. The van der Waals surface area contributed by atoms with E-state index in [1.54, 1.807) is 0 Å². The van der Waals surface area contributed by atoms with Crippen molar-refractivity contribution >= 4 is 17.8 Å². The number of benzene rings is 2. The van der Waals surface area contributed by atoms with Crippen molar-refractivity contribution < 1.29 is 0 Å². The summed E-state index contributed by atoms with van der Waals surface area (Å²) in [6.07, 6.45) is 0. The molecule has 0 saturated carbocycles. The van der Waals surface area contributed by atoms with Gasteiger partial charge in [-0.2, -0.15) is 0 Å². The summed E-state index contributed by atoms with van der Waals surface area (Å²) in [6.45, 7) is 0. The number of aromatic nitrogens is 1. The van der Waals surface area contributed by atoms with Crippen LogP contribution in [0.25, 0.3) is 22.0 Å². The van der Waals surface area contributed by atoms with E-state index in [0.717, 1.165) is 5.69 Å². The first-order valence-corrected chi connectivity index (χ1v) is 5.34. The third-order valence-corrected chi connectivity index (χ3v) is 2.71. The Bertz CT molecular complexity index is 620. The molecule has 3 aromatic rings. The van der Waals surface area contributed by atoms with Crippen molar-refractivity contribution in [1.29, 1.82) is 0 Å². The second-order valence-electron chi connectivity index (χ2n) is 3.78. The Labute approximate surface area is 95.0 Å². The zero-order valence-corrected chi connectivity index (χ0v) is 8.80. The fourth-order valence-electron chi connectivity index (χ4n) is 1.88. The Morgan fingerprint density at radius 3 is 2.50 bits per heavy atom. The fourth-order valence-corrected chi connectivity index (χ4v) is 1.88. The van der Waals surface area contributed by atoms with Gasteiger partial charge in [-0.15, -0.1) is 0 Å². The van der Waals surface area contributed by atoms with E-state index in [2.05, 4.69) is 47.4 Å². The van der Waals surface area contributed by atoms with E-state index in [1.807, 2.05) is 25.1 Å². The summed E-state index contributed by atoms with van der Waals surface area (Å²) in [6, 6.07) is 18.8. The molecule has 16 heavy (non-hydrogen) atoms. The van der Waals surface area contributed by atoms with E-state index in [4.69, 9.17) is 0 Å². The predicted octanol–water partition coefficient (Wildman–Crippen LogP) is 3.24. The van der Waals surface area contributed by atoms with Crippen LogP contribution in [0.1, 0.15) is 0 Å². The SMILES string of the molecule is b1cccc(-c2ccc3ccccc3c2)n1. The molecule has 2 aromatic carbocycles. The van der Waals surface area contributed by atoms with E-state index in [-0.39, 0.29) is 0 Å².